The number of carbonyl (C=O) groups is 1. The molecule has 0 fully saturated rings. The Labute approximate surface area is 173 Å². The summed E-state index contributed by atoms with van der Waals surface area (Å²) in [5, 5.41) is 7.89. The van der Waals surface area contributed by atoms with Crippen LogP contribution in [-0.4, -0.2) is 44.2 Å². The summed E-state index contributed by atoms with van der Waals surface area (Å²) in [6.07, 6.45) is -1.71. The first kappa shape index (κ1) is 20.5. The molecule has 0 spiro atoms. The van der Waals surface area contributed by atoms with Crippen molar-refractivity contribution in [3.8, 4) is 6.01 Å². The van der Waals surface area contributed by atoms with Crippen LogP contribution in [0.15, 0.2) is 6.07 Å². The molecule has 3 aromatic rings. The highest BCUT2D eigenvalue weighted by Crippen LogP contribution is 2.35. The van der Waals surface area contributed by atoms with Gasteiger partial charge in [-0.3, -0.25) is 0 Å². The summed E-state index contributed by atoms with van der Waals surface area (Å²) in [5.74, 6) is -0.168. The van der Waals surface area contributed by atoms with Crippen LogP contribution in [0.2, 0.25) is 0 Å². The van der Waals surface area contributed by atoms with E-state index in [2.05, 4.69) is 27.1 Å². The number of thiophene rings is 1. The third-order valence-electron chi connectivity index (χ3n) is 4.67. The van der Waals surface area contributed by atoms with Gasteiger partial charge in [0.2, 0.25) is 5.82 Å². The van der Waals surface area contributed by atoms with Gasteiger partial charge in [-0.05, 0) is 12.5 Å². The zero-order valence-electron chi connectivity index (χ0n) is 16.1. The largest absolute Gasteiger partial charge is 0.463 e. The summed E-state index contributed by atoms with van der Waals surface area (Å²) < 4.78 is 46.0. The minimum Gasteiger partial charge on any atom is -0.463 e. The topological polar surface area (TPSA) is 86.0 Å². The highest BCUT2D eigenvalue weighted by Gasteiger charge is 2.39. The lowest BCUT2D eigenvalue weighted by atomic mass is 10.2. The fraction of sp³-hybridized carbons (Fsp3) is 0.500. The van der Waals surface area contributed by atoms with Crippen LogP contribution in [0.1, 0.15) is 36.3 Å². The smallest absolute Gasteiger partial charge is 0.451 e. The molecule has 1 aliphatic rings. The summed E-state index contributed by atoms with van der Waals surface area (Å²) in [6.45, 7) is 2.79. The lowest BCUT2D eigenvalue weighted by Crippen LogP contribution is -2.36. The maximum atomic E-state index is 13.1. The molecule has 0 unspecified atom stereocenters. The first-order valence-corrected chi connectivity index (χ1v) is 10.3. The van der Waals surface area contributed by atoms with E-state index in [1.54, 1.807) is 0 Å². The van der Waals surface area contributed by atoms with Crippen LogP contribution in [0.4, 0.5) is 19.0 Å². The zero-order valence-corrected chi connectivity index (χ0v) is 17.0. The second-order valence-electron chi connectivity index (χ2n) is 6.83. The number of hydrogen-bond acceptors (Lipinski definition) is 8. The molecule has 0 bridgehead atoms. The van der Waals surface area contributed by atoms with Crippen molar-refractivity contribution < 1.29 is 22.7 Å². The van der Waals surface area contributed by atoms with Crippen LogP contribution in [0.25, 0.3) is 10.2 Å². The first-order valence-electron chi connectivity index (χ1n) is 9.51. The Morgan fingerprint density at radius 1 is 1.27 bits per heavy atom. The first-order chi connectivity index (χ1) is 14.4. The number of halogens is 3. The molecule has 0 radical (unpaired) electrons. The predicted molar refractivity (Wildman–Crippen MR) is 104 cm³/mol. The Morgan fingerprint density at radius 2 is 2.10 bits per heavy atom. The number of nitrogens with zero attached hydrogens (tertiary/aromatic N) is 6. The third kappa shape index (κ3) is 3.95. The van der Waals surface area contributed by atoms with E-state index in [0.717, 1.165) is 38.8 Å². The summed E-state index contributed by atoms with van der Waals surface area (Å²) in [4.78, 5) is 23.3. The van der Waals surface area contributed by atoms with Gasteiger partial charge < -0.3 is 19.0 Å². The van der Waals surface area contributed by atoms with E-state index >= 15 is 0 Å². The number of ether oxygens (including phenoxy) is 1. The van der Waals surface area contributed by atoms with Gasteiger partial charge in [0.05, 0.1) is 18.5 Å². The lowest BCUT2D eigenvalue weighted by Gasteiger charge is -2.29. The Bertz CT molecular complexity index is 1060. The van der Waals surface area contributed by atoms with Crippen LogP contribution < -0.4 is 9.64 Å². The molecule has 0 N–H and O–H groups in total. The molecular formula is C18H19F3N6O2S. The molecule has 0 saturated heterocycles. The third-order valence-corrected chi connectivity index (χ3v) is 5.76. The van der Waals surface area contributed by atoms with Crippen molar-refractivity contribution in [1.82, 2.24) is 24.7 Å². The SMILES string of the molecule is CCCc1cc2c(N3CCn4c(nnc4C(F)(F)F)C3)nc(OCCC=O)nc2s1. The Kier molecular flexibility index (Phi) is 5.58. The minimum absolute atomic E-state index is 0.0932. The maximum absolute atomic E-state index is 13.1. The van der Waals surface area contributed by atoms with E-state index in [9.17, 15) is 18.0 Å². The quantitative estimate of drug-likeness (QED) is 0.412. The molecule has 4 heterocycles. The van der Waals surface area contributed by atoms with E-state index in [1.807, 2.05) is 11.0 Å². The van der Waals surface area contributed by atoms with Crippen LogP contribution in [0.5, 0.6) is 6.01 Å². The van der Waals surface area contributed by atoms with Gasteiger partial charge >= 0.3 is 12.2 Å². The molecular weight excluding hydrogens is 421 g/mol. The number of alkyl halides is 3. The number of aromatic nitrogens is 5. The van der Waals surface area contributed by atoms with E-state index in [4.69, 9.17) is 4.74 Å². The number of aldehydes is 1. The molecule has 8 nitrogen and oxygen atoms in total. The molecule has 0 saturated carbocycles. The Hall–Kier alpha value is -2.76. The van der Waals surface area contributed by atoms with Gasteiger partial charge in [0.1, 0.15) is 16.9 Å². The van der Waals surface area contributed by atoms with E-state index in [0.29, 0.717) is 12.4 Å². The Morgan fingerprint density at radius 3 is 2.83 bits per heavy atom. The fourth-order valence-electron chi connectivity index (χ4n) is 3.36. The molecule has 4 rings (SSSR count). The van der Waals surface area contributed by atoms with Crippen molar-refractivity contribution >= 4 is 33.7 Å². The van der Waals surface area contributed by atoms with Gasteiger partial charge in [0.15, 0.2) is 5.82 Å². The zero-order chi connectivity index (χ0) is 21.3. The standard InChI is InChI=1S/C18H19F3N6O2S/c1-2-4-11-9-12-14(22-17(23-15(12)30-11)29-8-3-7-28)26-5-6-27-13(10-26)24-25-16(27)18(19,20)21/h7,9H,2-6,8,10H2,1H3. The van der Waals surface area contributed by atoms with Gasteiger partial charge in [0, 0.05) is 24.4 Å². The summed E-state index contributed by atoms with van der Waals surface area (Å²) >= 11 is 1.54. The van der Waals surface area contributed by atoms with E-state index in [-0.39, 0.29) is 38.0 Å². The van der Waals surface area contributed by atoms with Crippen LogP contribution in [0, 0.1) is 0 Å². The number of fused-ring (bicyclic) bond motifs is 2. The second-order valence-corrected chi connectivity index (χ2v) is 7.94. The van der Waals surface area contributed by atoms with Crippen LogP contribution >= 0.6 is 11.3 Å². The van der Waals surface area contributed by atoms with Crippen molar-refractivity contribution in [3.05, 3.63) is 22.6 Å². The molecule has 0 aromatic carbocycles. The number of hydrogen-bond donors (Lipinski definition) is 0. The van der Waals surface area contributed by atoms with Gasteiger partial charge in [0.25, 0.3) is 0 Å². The average Bonchev–Trinajstić information content (AvgIpc) is 3.30. The monoisotopic (exact) mass is 440 g/mol. The molecule has 160 valence electrons. The van der Waals surface area contributed by atoms with E-state index in [1.165, 1.54) is 11.3 Å². The number of rotatable bonds is 7. The van der Waals surface area contributed by atoms with Crippen molar-refractivity contribution in [2.75, 3.05) is 18.1 Å². The lowest BCUT2D eigenvalue weighted by molar-refractivity contribution is -0.147. The summed E-state index contributed by atoms with van der Waals surface area (Å²) in [5.41, 5.74) is 0. The highest BCUT2D eigenvalue weighted by atomic mass is 32.1. The van der Waals surface area contributed by atoms with Gasteiger partial charge in [-0.1, -0.05) is 13.3 Å². The van der Waals surface area contributed by atoms with Crippen molar-refractivity contribution in [3.63, 3.8) is 0 Å². The number of aryl methyl sites for hydroxylation is 1. The molecule has 0 aliphatic carbocycles. The maximum Gasteiger partial charge on any atom is 0.451 e. The fourth-order valence-corrected chi connectivity index (χ4v) is 4.47. The van der Waals surface area contributed by atoms with Crippen molar-refractivity contribution in [2.24, 2.45) is 0 Å². The molecule has 30 heavy (non-hydrogen) atoms. The summed E-state index contributed by atoms with van der Waals surface area (Å²) in [6, 6.07) is 2.17. The van der Waals surface area contributed by atoms with Crippen LogP contribution in [-0.2, 0) is 30.5 Å². The van der Waals surface area contributed by atoms with Crippen LogP contribution in [0.3, 0.4) is 0 Å². The van der Waals surface area contributed by atoms with Crippen molar-refractivity contribution in [1.29, 1.82) is 0 Å². The molecule has 1 aliphatic heterocycles. The van der Waals surface area contributed by atoms with Gasteiger partial charge in [-0.2, -0.15) is 23.1 Å². The Balaban J connectivity index is 1.70. The molecule has 0 amide bonds. The van der Waals surface area contributed by atoms with E-state index < -0.39 is 12.0 Å². The highest BCUT2D eigenvalue weighted by molar-refractivity contribution is 7.18. The van der Waals surface area contributed by atoms with Gasteiger partial charge in [-0.25, -0.2) is 0 Å². The summed E-state index contributed by atoms with van der Waals surface area (Å²) in [7, 11) is 0. The normalized spacial score (nSPS) is 14.2. The van der Waals surface area contributed by atoms with Gasteiger partial charge in [-0.15, -0.1) is 21.5 Å². The second kappa shape index (κ2) is 8.17. The number of anilines is 1. The van der Waals surface area contributed by atoms with Crippen molar-refractivity contribution in [2.45, 2.75) is 45.5 Å². The molecule has 3 aromatic heterocycles. The number of carbonyl (C=O) groups excluding carboxylic acids is 1. The predicted octanol–water partition coefficient (Wildman–Crippen LogP) is 3.24. The minimum atomic E-state index is -4.54. The molecule has 12 heteroatoms. The average molecular weight is 440 g/mol. The molecule has 0 atom stereocenters.